The van der Waals surface area contributed by atoms with E-state index in [1.54, 1.807) is 0 Å². The third kappa shape index (κ3) is 2.78. The molecule has 0 spiro atoms. The molecule has 0 bridgehead atoms. The number of aliphatic hydroxyl groups is 1. The van der Waals surface area contributed by atoms with Crippen molar-refractivity contribution in [3.63, 3.8) is 0 Å². The van der Waals surface area contributed by atoms with Gasteiger partial charge in [-0.25, -0.2) is 0 Å². The molecular formula is C11H24O. The molecule has 1 nitrogen and oxygen atoms in total. The van der Waals surface area contributed by atoms with Gasteiger partial charge < -0.3 is 5.11 Å². The molecule has 0 radical (unpaired) electrons. The van der Waals surface area contributed by atoms with E-state index in [9.17, 15) is 5.11 Å². The molecule has 1 atom stereocenters. The van der Waals surface area contributed by atoms with Crippen LogP contribution in [0.3, 0.4) is 0 Å². The number of hydrogen-bond donors (Lipinski definition) is 1. The first kappa shape index (κ1) is 12.0. The summed E-state index contributed by atoms with van der Waals surface area (Å²) in [6.07, 6.45) is 4.08. The molecule has 1 heteroatoms. The third-order valence-electron chi connectivity index (χ3n) is 2.92. The zero-order chi connectivity index (χ0) is 9.83. The maximum absolute atomic E-state index is 10.3. The fourth-order valence-electron chi connectivity index (χ4n) is 1.55. The summed E-state index contributed by atoms with van der Waals surface area (Å²) in [7, 11) is 0. The molecule has 1 N–H and O–H groups in total. The minimum Gasteiger partial charge on any atom is -0.389 e. The van der Waals surface area contributed by atoms with Gasteiger partial charge in [0.1, 0.15) is 0 Å². The molecule has 0 aromatic carbocycles. The Hall–Kier alpha value is -0.0400. The van der Waals surface area contributed by atoms with Gasteiger partial charge in [-0.15, -0.1) is 0 Å². The molecule has 0 rings (SSSR count). The van der Waals surface area contributed by atoms with Crippen LogP contribution in [0.15, 0.2) is 0 Å². The van der Waals surface area contributed by atoms with E-state index in [2.05, 4.69) is 34.6 Å². The molecule has 0 aromatic rings. The molecule has 74 valence electrons. The first-order chi connectivity index (χ1) is 5.37. The van der Waals surface area contributed by atoms with Crippen LogP contribution in [0.2, 0.25) is 0 Å². The second-order valence-electron chi connectivity index (χ2n) is 4.74. The van der Waals surface area contributed by atoms with Crippen LogP contribution < -0.4 is 0 Å². The molecule has 0 aliphatic carbocycles. The molecule has 0 aromatic heterocycles. The summed E-state index contributed by atoms with van der Waals surface area (Å²) in [5.41, 5.74) is -0.458. The fourth-order valence-corrected chi connectivity index (χ4v) is 1.55. The maximum atomic E-state index is 10.3. The standard InChI is InChI=1S/C11H24O/c1-6-8-9-11(12,7-2)10(3,4)5/h12H,6-9H2,1-5H3. The van der Waals surface area contributed by atoms with Gasteiger partial charge in [0.2, 0.25) is 0 Å². The zero-order valence-electron chi connectivity index (χ0n) is 9.28. The quantitative estimate of drug-likeness (QED) is 0.689. The maximum Gasteiger partial charge on any atom is 0.0693 e. The van der Waals surface area contributed by atoms with Crippen molar-refractivity contribution in [1.82, 2.24) is 0 Å². The van der Waals surface area contributed by atoms with Gasteiger partial charge in [-0.05, 0) is 18.3 Å². The van der Waals surface area contributed by atoms with E-state index < -0.39 is 5.60 Å². The molecule has 12 heavy (non-hydrogen) atoms. The Morgan fingerprint density at radius 3 is 1.83 bits per heavy atom. The lowest BCUT2D eigenvalue weighted by molar-refractivity contribution is -0.0688. The lowest BCUT2D eigenvalue weighted by Crippen LogP contribution is -2.42. The minimum absolute atomic E-state index is 0.0108. The molecule has 0 amide bonds. The van der Waals surface area contributed by atoms with Crippen LogP contribution in [0.4, 0.5) is 0 Å². The van der Waals surface area contributed by atoms with E-state index >= 15 is 0 Å². The summed E-state index contributed by atoms with van der Waals surface area (Å²) in [5, 5.41) is 10.3. The molecule has 0 saturated carbocycles. The molecule has 0 fully saturated rings. The number of hydrogen-bond acceptors (Lipinski definition) is 1. The number of rotatable bonds is 4. The van der Waals surface area contributed by atoms with Crippen LogP contribution >= 0.6 is 0 Å². The zero-order valence-corrected chi connectivity index (χ0v) is 9.28. The normalized spacial score (nSPS) is 17.5. The lowest BCUT2D eigenvalue weighted by Gasteiger charge is -2.40. The Morgan fingerprint density at radius 1 is 1.08 bits per heavy atom. The van der Waals surface area contributed by atoms with Crippen molar-refractivity contribution in [2.24, 2.45) is 5.41 Å². The SMILES string of the molecule is CCCCC(O)(CC)C(C)(C)C. The van der Waals surface area contributed by atoms with Crippen molar-refractivity contribution >= 4 is 0 Å². The highest BCUT2D eigenvalue weighted by atomic mass is 16.3. The van der Waals surface area contributed by atoms with Gasteiger partial charge in [-0.1, -0.05) is 47.5 Å². The average molecular weight is 172 g/mol. The predicted molar refractivity (Wildman–Crippen MR) is 54.2 cm³/mol. The Balaban J connectivity index is 4.24. The van der Waals surface area contributed by atoms with Gasteiger partial charge in [0.25, 0.3) is 0 Å². The highest BCUT2D eigenvalue weighted by Gasteiger charge is 2.37. The molecule has 0 heterocycles. The fraction of sp³-hybridized carbons (Fsp3) is 1.00. The van der Waals surface area contributed by atoms with Crippen LogP contribution in [-0.4, -0.2) is 10.7 Å². The second-order valence-corrected chi connectivity index (χ2v) is 4.74. The van der Waals surface area contributed by atoms with Crippen LogP contribution in [-0.2, 0) is 0 Å². The van der Waals surface area contributed by atoms with Gasteiger partial charge in [-0.3, -0.25) is 0 Å². The minimum atomic E-state index is -0.469. The van der Waals surface area contributed by atoms with Crippen LogP contribution in [0, 0.1) is 5.41 Å². The first-order valence-corrected chi connectivity index (χ1v) is 5.09. The van der Waals surface area contributed by atoms with E-state index in [4.69, 9.17) is 0 Å². The highest BCUT2D eigenvalue weighted by Crippen LogP contribution is 2.36. The summed E-state index contributed by atoms with van der Waals surface area (Å²) >= 11 is 0. The Labute approximate surface area is 77.2 Å². The number of unbranched alkanes of at least 4 members (excludes halogenated alkanes) is 1. The monoisotopic (exact) mass is 172 g/mol. The molecule has 0 aliphatic heterocycles. The van der Waals surface area contributed by atoms with Crippen LogP contribution in [0.1, 0.15) is 60.3 Å². The van der Waals surface area contributed by atoms with Crippen molar-refractivity contribution < 1.29 is 5.11 Å². The van der Waals surface area contributed by atoms with E-state index in [0.29, 0.717) is 0 Å². The van der Waals surface area contributed by atoms with Gasteiger partial charge in [0.15, 0.2) is 0 Å². The Bertz CT molecular complexity index is 123. The molecule has 1 unspecified atom stereocenters. The highest BCUT2D eigenvalue weighted by molar-refractivity contribution is 4.88. The van der Waals surface area contributed by atoms with Crippen molar-refractivity contribution in [3.05, 3.63) is 0 Å². The van der Waals surface area contributed by atoms with Crippen LogP contribution in [0.5, 0.6) is 0 Å². The summed E-state index contributed by atoms with van der Waals surface area (Å²) in [6.45, 7) is 10.6. The smallest absolute Gasteiger partial charge is 0.0693 e. The van der Waals surface area contributed by atoms with Crippen molar-refractivity contribution in [3.8, 4) is 0 Å². The van der Waals surface area contributed by atoms with Gasteiger partial charge in [-0.2, -0.15) is 0 Å². The molecular weight excluding hydrogens is 148 g/mol. The van der Waals surface area contributed by atoms with Gasteiger partial charge in [0.05, 0.1) is 5.60 Å². The van der Waals surface area contributed by atoms with E-state index in [-0.39, 0.29) is 5.41 Å². The summed E-state index contributed by atoms with van der Waals surface area (Å²) in [5.74, 6) is 0. The van der Waals surface area contributed by atoms with Crippen molar-refractivity contribution in [2.75, 3.05) is 0 Å². The Morgan fingerprint density at radius 2 is 1.58 bits per heavy atom. The van der Waals surface area contributed by atoms with Gasteiger partial charge >= 0.3 is 0 Å². The van der Waals surface area contributed by atoms with E-state index in [0.717, 1.165) is 19.3 Å². The summed E-state index contributed by atoms with van der Waals surface area (Å²) in [4.78, 5) is 0. The second kappa shape index (κ2) is 4.27. The lowest BCUT2D eigenvalue weighted by atomic mass is 9.72. The van der Waals surface area contributed by atoms with Gasteiger partial charge in [0, 0.05) is 0 Å². The molecule has 0 aliphatic rings. The van der Waals surface area contributed by atoms with Crippen LogP contribution in [0.25, 0.3) is 0 Å². The Kier molecular flexibility index (Phi) is 4.25. The van der Waals surface area contributed by atoms with Crippen molar-refractivity contribution in [1.29, 1.82) is 0 Å². The summed E-state index contributed by atoms with van der Waals surface area (Å²) in [6, 6.07) is 0. The van der Waals surface area contributed by atoms with E-state index in [1.807, 2.05) is 0 Å². The van der Waals surface area contributed by atoms with Crippen molar-refractivity contribution in [2.45, 2.75) is 65.9 Å². The predicted octanol–water partition coefficient (Wildman–Crippen LogP) is 3.36. The first-order valence-electron chi connectivity index (χ1n) is 5.09. The topological polar surface area (TPSA) is 20.2 Å². The largest absolute Gasteiger partial charge is 0.389 e. The average Bonchev–Trinajstić information content (AvgIpc) is 1.98. The summed E-state index contributed by atoms with van der Waals surface area (Å²) < 4.78 is 0. The van der Waals surface area contributed by atoms with E-state index in [1.165, 1.54) is 6.42 Å². The third-order valence-corrected chi connectivity index (χ3v) is 2.92. The molecule has 0 saturated heterocycles.